The maximum absolute atomic E-state index is 9.12. The van der Waals surface area contributed by atoms with Gasteiger partial charge in [0.15, 0.2) is 0 Å². The van der Waals surface area contributed by atoms with Gasteiger partial charge in [-0.15, -0.1) is 0 Å². The van der Waals surface area contributed by atoms with Gasteiger partial charge in [-0.3, -0.25) is 0 Å². The Hall–Kier alpha value is -2.81. The Morgan fingerprint density at radius 3 is 2.43 bits per heavy atom. The molecule has 0 bridgehead atoms. The van der Waals surface area contributed by atoms with E-state index in [1.807, 2.05) is 31.2 Å². The van der Waals surface area contributed by atoms with Crippen LogP contribution in [-0.4, -0.2) is 43.3 Å². The fraction of sp³-hybridized carbons (Fsp3) is 0.353. The highest BCUT2D eigenvalue weighted by Gasteiger charge is 2.20. The Morgan fingerprint density at radius 2 is 1.78 bits per heavy atom. The predicted molar refractivity (Wildman–Crippen MR) is 88.9 cm³/mol. The first-order valence-electron chi connectivity index (χ1n) is 7.59. The summed E-state index contributed by atoms with van der Waals surface area (Å²) in [7, 11) is 1.66. The molecule has 0 radical (unpaired) electrons. The second kappa shape index (κ2) is 6.53. The maximum Gasteiger partial charge on any atom is 0.145 e. The number of hydrogen-bond donors (Lipinski definition) is 0. The molecule has 0 unspecified atom stereocenters. The van der Waals surface area contributed by atoms with Crippen LogP contribution >= 0.6 is 0 Å². The Kier molecular flexibility index (Phi) is 4.29. The Morgan fingerprint density at radius 1 is 1.09 bits per heavy atom. The van der Waals surface area contributed by atoms with Gasteiger partial charge < -0.3 is 14.5 Å². The van der Waals surface area contributed by atoms with Gasteiger partial charge in [0.05, 0.1) is 7.11 Å². The summed E-state index contributed by atoms with van der Waals surface area (Å²) in [6.07, 6.45) is 1.77. The zero-order valence-corrected chi connectivity index (χ0v) is 13.4. The minimum atomic E-state index is 0.499. The van der Waals surface area contributed by atoms with Crippen molar-refractivity contribution in [2.75, 3.05) is 43.1 Å². The summed E-state index contributed by atoms with van der Waals surface area (Å²) in [6.45, 7) is 5.32. The molecule has 0 N–H and O–H groups in total. The lowest BCUT2D eigenvalue weighted by atomic mass is 10.2. The lowest BCUT2D eigenvalue weighted by molar-refractivity contribution is 0.414. The van der Waals surface area contributed by atoms with E-state index >= 15 is 0 Å². The normalized spacial score (nSPS) is 14.5. The molecule has 2 aromatic heterocycles. The fourth-order valence-corrected chi connectivity index (χ4v) is 2.67. The molecule has 2 aromatic rings. The molecule has 1 fully saturated rings. The van der Waals surface area contributed by atoms with Crippen molar-refractivity contribution in [3.63, 3.8) is 0 Å². The smallest absolute Gasteiger partial charge is 0.145 e. The van der Waals surface area contributed by atoms with Gasteiger partial charge in [0.25, 0.3) is 0 Å². The Labute approximate surface area is 136 Å². The van der Waals surface area contributed by atoms with Gasteiger partial charge in [0, 0.05) is 38.4 Å². The van der Waals surface area contributed by atoms with E-state index in [0.717, 1.165) is 49.1 Å². The minimum Gasteiger partial charge on any atom is -0.497 e. The number of nitrogens with zero attached hydrogens (tertiary/aromatic N) is 5. The molecule has 6 nitrogen and oxygen atoms in total. The van der Waals surface area contributed by atoms with Crippen molar-refractivity contribution in [1.82, 2.24) is 9.97 Å². The van der Waals surface area contributed by atoms with Crippen molar-refractivity contribution in [1.29, 1.82) is 5.26 Å². The van der Waals surface area contributed by atoms with E-state index in [1.54, 1.807) is 13.3 Å². The van der Waals surface area contributed by atoms with E-state index in [1.165, 1.54) is 0 Å². The summed E-state index contributed by atoms with van der Waals surface area (Å²) in [6, 6.07) is 9.89. The molecule has 0 saturated carbocycles. The molecule has 23 heavy (non-hydrogen) atoms. The first-order valence-corrected chi connectivity index (χ1v) is 7.59. The minimum absolute atomic E-state index is 0.499. The average Bonchev–Trinajstić information content (AvgIpc) is 2.62. The molecule has 3 rings (SSSR count). The standard InChI is InChI=1S/C17H19N5O/c1-13-3-4-16(20-15(13)12-18)21-7-9-22(10-8-21)17-11-14(23-2)5-6-19-17/h3-6,11H,7-10H2,1-2H3. The van der Waals surface area contributed by atoms with Crippen LogP contribution in [0, 0.1) is 18.3 Å². The van der Waals surface area contributed by atoms with Crippen LogP contribution in [0.3, 0.4) is 0 Å². The monoisotopic (exact) mass is 309 g/mol. The zero-order chi connectivity index (χ0) is 16.2. The van der Waals surface area contributed by atoms with Gasteiger partial charge in [-0.2, -0.15) is 5.26 Å². The van der Waals surface area contributed by atoms with Crippen LogP contribution < -0.4 is 14.5 Å². The first-order chi connectivity index (χ1) is 11.2. The molecule has 3 heterocycles. The number of ether oxygens (including phenoxy) is 1. The topological polar surface area (TPSA) is 65.3 Å². The van der Waals surface area contributed by atoms with Crippen LogP contribution in [0.2, 0.25) is 0 Å². The highest BCUT2D eigenvalue weighted by molar-refractivity contribution is 5.49. The molecule has 0 amide bonds. The lowest BCUT2D eigenvalue weighted by Crippen LogP contribution is -2.47. The van der Waals surface area contributed by atoms with Gasteiger partial charge in [-0.1, -0.05) is 6.07 Å². The molecule has 0 spiro atoms. The number of aryl methyl sites for hydroxylation is 1. The summed E-state index contributed by atoms with van der Waals surface area (Å²) in [4.78, 5) is 13.3. The van der Waals surface area contributed by atoms with Gasteiger partial charge in [0.2, 0.25) is 0 Å². The number of methoxy groups -OCH3 is 1. The van der Waals surface area contributed by atoms with Crippen molar-refractivity contribution in [3.8, 4) is 11.8 Å². The quantitative estimate of drug-likeness (QED) is 0.864. The molecule has 0 aliphatic carbocycles. The van der Waals surface area contributed by atoms with Gasteiger partial charge in [0.1, 0.15) is 29.1 Å². The predicted octanol–water partition coefficient (Wildman–Crippen LogP) is 1.99. The largest absolute Gasteiger partial charge is 0.497 e. The molecule has 6 heteroatoms. The number of rotatable bonds is 3. The number of aromatic nitrogens is 2. The van der Waals surface area contributed by atoms with E-state index in [9.17, 15) is 0 Å². The molecule has 1 aliphatic rings. The van der Waals surface area contributed by atoms with Crippen LogP contribution in [0.4, 0.5) is 11.6 Å². The molecule has 0 atom stereocenters. The average molecular weight is 309 g/mol. The Bertz CT molecular complexity index is 732. The third-order valence-electron chi connectivity index (χ3n) is 4.07. The van der Waals surface area contributed by atoms with E-state index in [0.29, 0.717) is 5.69 Å². The van der Waals surface area contributed by atoms with Gasteiger partial charge in [-0.25, -0.2) is 9.97 Å². The van der Waals surface area contributed by atoms with Gasteiger partial charge in [-0.05, 0) is 24.6 Å². The molecular formula is C17H19N5O. The van der Waals surface area contributed by atoms with E-state index in [4.69, 9.17) is 10.00 Å². The van der Waals surface area contributed by atoms with Crippen LogP contribution in [0.1, 0.15) is 11.3 Å². The summed E-state index contributed by atoms with van der Waals surface area (Å²) >= 11 is 0. The SMILES string of the molecule is COc1ccnc(N2CCN(c3ccc(C)c(C#N)n3)CC2)c1. The number of pyridine rings is 2. The van der Waals surface area contributed by atoms with Crippen LogP contribution in [-0.2, 0) is 0 Å². The van der Waals surface area contributed by atoms with Crippen molar-refractivity contribution in [2.45, 2.75) is 6.92 Å². The first kappa shape index (κ1) is 15.1. The van der Waals surface area contributed by atoms with Crippen molar-refractivity contribution in [3.05, 3.63) is 41.7 Å². The molecule has 118 valence electrons. The van der Waals surface area contributed by atoms with Gasteiger partial charge >= 0.3 is 0 Å². The summed E-state index contributed by atoms with van der Waals surface area (Å²) in [5.41, 5.74) is 1.41. The number of hydrogen-bond acceptors (Lipinski definition) is 6. The highest BCUT2D eigenvalue weighted by atomic mass is 16.5. The maximum atomic E-state index is 9.12. The van der Waals surface area contributed by atoms with Crippen molar-refractivity contribution >= 4 is 11.6 Å². The molecular weight excluding hydrogens is 290 g/mol. The van der Waals surface area contributed by atoms with E-state index in [2.05, 4.69) is 25.8 Å². The van der Waals surface area contributed by atoms with E-state index in [-0.39, 0.29) is 0 Å². The molecule has 1 saturated heterocycles. The summed E-state index contributed by atoms with van der Waals surface area (Å²) < 4.78 is 5.26. The summed E-state index contributed by atoms with van der Waals surface area (Å²) in [5.74, 6) is 2.61. The molecule has 0 aromatic carbocycles. The van der Waals surface area contributed by atoms with E-state index < -0.39 is 0 Å². The Balaban J connectivity index is 1.70. The lowest BCUT2D eigenvalue weighted by Gasteiger charge is -2.36. The van der Waals surface area contributed by atoms with Crippen LogP contribution in [0.15, 0.2) is 30.5 Å². The second-order valence-electron chi connectivity index (χ2n) is 5.47. The number of nitriles is 1. The number of anilines is 2. The summed E-state index contributed by atoms with van der Waals surface area (Å²) in [5, 5.41) is 9.12. The third kappa shape index (κ3) is 3.19. The van der Waals surface area contributed by atoms with Crippen molar-refractivity contribution < 1.29 is 4.74 Å². The molecule has 1 aliphatic heterocycles. The fourth-order valence-electron chi connectivity index (χ4n) is 2.67. The van der Waals surface area contributed by atoms with Crippen LogP contribution in [0.25, 0.3) is 0 Å². The second-order valence-corrected chi connectivity index (χ2v) is 5.47. The number of piperazine rings is 1. The van der Waals surface area contributed by atoms with Crippen molar-refractivity contribution in [2.24, 2.45) is 0 Å². The third-order valence-corrected chi connectivity index (χ3v) is 4.07. The zero-order valence-electron chi connectivity index (χ0n) is 13.4. The highest BCUT2D eigenvalue weighted by Crippen LogP contribution is 2.21. The van der Waals surface area contributed by atoms with Crippen LogP contribution in [0.5, 0.6) is 5.75 Å².